The summed E-state index contributed by atoms with van der Waals surface area (Å²) in [6.45, 7) is -1.27. The van der Waals surface area contributed by atoms with Gasteiger partial charge in [-0.05, 0) is 6.07 Å². The van der Waals surface area contributed by atoms with Crippen LogP contribution in [-0.4, -0.2) is 50.6 Å². The monoisotopic (exact) mass is 363 g/mol. The molecule has 0 aliphatic rings. The van der Waals surface area contributed by atoms with Gasteiger partial charge in [-0.2, -0.15) is 0 Å². The van der Waals surface area contributed by atoms with Crippen molar-refractivity contribution >= 4 is 34.5 Å². The van der Waals surface area contributed by atoms with Crippen molar-refractivity contribution in [3.63, 3.8) is 0 Å². The Kier molecular flexibility index (Phi) is 5.25. The molecule has 0 fully saturated rings. The average molecular weight is 363 g/mol. The molecule has 2 aromatic heterocycles. The summed E-state index contributed by atoms with van der Waals surface area (Å²) in [5.41, 5.74) is -1.36. The summed E-state index contributed by atoms with van der Waals surface area (Å²) in [7, 11) is 1.33. The van der Waals surface area contributed by atoms with Gasteiger partial charge in [0.1, 0.15) is 30.2 Å². The molecule has 0 saturated heterocycles. The molecule has 0 radical (unpaired) electrons. The molecule has 0 saturated carbocycles. The molecule has 0 unspecified atom stereocenters. The molecule has 12 heteroatoms. The number of nitrogens with zero attached hydrogens (tertiary/aromatic N) is 3. The number of carboxylic acid groups (broad SMARTS) is 1. The number of anilines is 1. The Morgan fingerprint density at radius 2 is 2.00 bits per heavy atom. The number of carboxylic acids is 1. The first-order chi connectivity index (χ1) is 12.3. The van der Waals surface area contributed by atoms with Crippen LogP contribution in [0.25, 0.3) is 10.9 Å². The van der Waals surface area contributed by atoms with Crippen LogP contribution in [0.15, 0.2) is 22.2 Å². The van der Waals surface area contributed by atoms with E-state index in [1.807, 2.05) is 5.32 Å². The molecule has 0 bridgehead atoms. The zero-order valence-corrected chi connectivity index (χ0v) is 13.3. The van der Waals surface area contributed by atoms with E-state index in [0.717, 1.165) is 4.57 Å². The van der Waals surface area contributed by atoms with Gasteiger partial charge in [0.15, 0.2) is 0 Å². The van der Waals surface area contributed by atoms with E-state index in [2.05, 4.69) is 15.5 Å². The maximum atomic E-state index is 12.4. The smallest absolute Gasteiger partial charge is 0.322 e. The zero-order chi connectivity index (χ0) is 19.4. The Balaban J connectivity index is 2.61. The molecule has 4 N–H and O–H groups in total. The van der Waals surface area contributed by atoms with Gasteiger partial charge < -0.3 is 25.4 Å². The van der Waals surface area contributed by atoms with Gasteiger partial charge in [0.2, 0.25) is 0 Å². The van der Waals surface area contributed by atoms with E-state index in [-0.39, 0.29) is 16.7 Å². The molecule has 0 spiro atoms. The van der Waals surface area contributed by atoms with Crippen LogP contribution < -0.4 is 16.2 Å². The molecule has 136 valence electrons. The van der Waals surface area contributed by atoms with Gasteiger partial charge in [0, 0.05) is 18.4 Å². The maximum absolute atomic E-state index is 12.4. The highest BCUT2D eigenvalue weighted by Crippen LogP contribution is 2.31. The Morgan fingerprint density at radius 1 is 1.31 bits per heavy atom. The number of aryl methyl sites for hydroxylation is 1. The van der Waals surface area contributed by atoms with E-state index < -0.39 is 47.7 Å². The molecule has 26 heavy (non-hydrogen) atoms. The first kappa shape index (κ1) is 18.5. The predicted molar refractivity (Wildman–Crippen MR) is 87.9 cm³/mol. The summed E-state index contributed by atoms with van der Waals surface area (Å²) in [5, 5.41) is 25.7. The molecule has 2 rings (SSSR count). The third-order valence-electron chi connectivity index (χ3n) is 3.42. The van der Waals surface area contributed by atoms with E-state index in [1.165, 1.54) is 19.3 Å². The number of rotatable bonds is 6. The Morgan fingerprint density at radius 3 is 2.62 bits per heavy atom. The lowest BCUT2D eigenvalue weighted by atomic mass is 10.1. The minimum Gasteiger partial charge on any atom is -0.506 e. The highest BCUT2D eigenvalue weighted by Gasteiger charge is 2.23. The fraction of sp³-hybridized carbons (Fsp3) is 0.214. The molecule has 0 aliphatic heterocycles. The van der Waals surface area contributed by atoms with Gasteiger partial charge >= 0.3 is 11.9 Å². The van der Waals surface area contributed by atoms with Crippen LogP contribution in [0.2, 0.25) is 0 Å². The van der Waals surface area contributed by atoms with E-state index in [0.29, 0.717) is 0 Å². The van der Waals surface area contributed by atoms with Gasteiger partial charge in [0.05, 0.1) is 10.9 Å². The summed E-state index contributed by atoms with van der Waals surface area (Å²) in [6.07, 6.45) is 1.29. The standard InChI is InChI=1S/C14H13N5O7/c1-19-6-2-3-15-12(16-5-8(21)22)9(6)11(23)10(14(19)25)13(24)17-4-7(20)18-26/h2-3,23H,4-5H2,1H3,(H,15,16)(H,17,24)(H,21,22). The average Bonchev–Trinajstić information content (AvgIpc) is 2.62. The molecule has 0 aliphatic carbocycles. The second kappa shape index (κ2) is 7.38. The highest BCUT2D eigenvalue weighted by atomic mass is 16.4. The number of amides is 2. The summed E-state index contributed by atoms with van der Waals surface area (Å²) in [5.74, 6) is -4.26. The molecule has 2 amide bonds. The largest absolute Gasteiger partial charge is 0.506 e. The summed E-state index contributed by atoms with van der Waals surface area (Å²) >= 11 is 0. The molecular formula is C14H13N5O7. The molecule has 0 atom stereocenters. The third kappa shape index (κ3) is 3.48. The molecule has 0 aromatic carbocycles. The molecule has 12 nitrogen and oxygen atoms in total. The topological polar surface area (TPSA) is 180 Å². The quantitative estimate of drug-likeness (QED) is 0.476. The zero-order valence-electron chi connectivity index (χ0n) is 13.3. The highest BCUT2D eigenvalue weighted by molar-refractivity contribution is 6.06. The number of aromatic hydroxyl groups is 1. The number of fused-ring (bicyclic) bond motifs is 1. The first-order valence-electron chi connectivity index (χ1n) is 7.08. The lowest BCUT2D eigenvalue weighted by Crippen LogP contribution is -2.35. The molecule has 2 aromatic rings. The van der Waals surface area contributed by atoms with Crippen molar-refractivity contribution < 1.29 is 24.6 Å². The minimum atomic E-state index is -1.19. The minimum absolute atomic E-state index is 0.0548. The van der Waals surface area contributed by atoms with Crippen LogP contribution in [-0.2, 0) is 16.6 Å². The predicted octanol–water partition coefficient (Wildman–Crippen LogP) is -0.842. The second-order valence-electron chi connectivity index (χ2n) is 5.06. The number of pyridine rings is 2. The summed E-state index contributed by atoms with van der Waals surface area (Å²) in [4.78, 5) is 60.1. The van der Waals surface area contributed by atoms with Gasteiger partial charge in [-0.15, -0.1) is 4.91 Å². The number of carbonyl (C=O) groups excluding carboxylic acids is 2. The number of hydrogen-bond donors (Lipinski definition) is 4. The number of nitroso groups, excluding NO2 is 1. The van der Waals surface area contributed by atoms with Crippen LogP contribution in [0.5, 0.6) is 5.75 Å². The van der Waals surface area contributed by atoms with Crippen LogP contribution in [0.4, 0.5) is 5.82 Å². The van der Waals surface area contributed by atoms with Crippen molar-refractivity contribution in [1.82, 2.24) is 14.9 Å². The number of nitrogens with one attached hydrogen (secondary N) is 2. The Labute approximate surface area is 144 Å². The number of aliphatic carboxylic acids is 1. The number of aromatic nitrogens is 2. The molecular weight excluding hydrogens is 350 g/mol. The fourth-order valence-electron chi connectivity index (χ4n) is 2.24. The second-order valence-corrected chi connectivity index (χ2v) is 5.06. The first-order valence-corrected chi connectivity index (χ1v) is 7.08. The van der Waals surface area contributed by atoms with Crippen molar-refractivity contribution in [3.8, 4) is 5.75 Å². The van der Waals surface area contributed by atoms with Gasteiger partial charge in [-0.1, -0.05) is 0 Å². The van der Waals surface area contributed by atoms with Crippen molar-refractivity contribution in [2.24, 2.45) is 12.2 Å². The Hall–Kier alpha value is -3.83. The summed E-state index contributed by atoms with van der Waals surface area (Å²) < 4.78 is 1.05. The SMILES string of the molecule is Cn1c(=O)c(C(=O)NCC(=O)N=O)c(O)c2c(NCC(=O)O)nccc21. The summed E-state index contributed by atoms with van der Waals surface area (Å²) in [6, 6.07) is 1.39. The normalized spacial score (nSPS) is 10.3. The molecule has 2 heterocycles. The lowest BCUT2D eigenvalue weighted by molar-refractivity contribution is -0.135. The van der Waals surface area contributed by atoms with E-state index in [4.69, 9.17) is 5.11 Å². The third-order valence-corrected chi connectivity index (χ3v) is 3.42. The van der Waals surface area contributed by atoms with Crippen LogP contribution >= 0.6 is 0 Å². The van der Waals surface area contributed by atoms with E-state index in [1.54, 1.807) is 0 Å². The Bertz CT molecular complexity index is 982. The van der Waals surface area contributed by atoms with Gasteiger partial charge in [0.25, 0.3) is 11.5 Å². The van der Waals surface area contributed by atoms with Crippen LogP contribution in [0, 0.1) is 4.91 Å². The van der Waals surface area contributed by atoms with Crippen LogP contribution in [0.3, 0.4) is 0 Å². The number of carbonyl (C=O) groups is 3. The lowest BCUT2D eigenvalue weighted by Gasteiger charge is -2.14. The van der Waals surface area contributed by atoms with Crippen molar-refractivity contribution in [2.75, 3.05) is 18.4 Å². The number of hydrogen-bond acceptors (Lipinski definition) is 8. The van der Waals surface area contributed by atoms with Crippen molar-refractivity contribution in [1.29, 1.82) is 0 Å². The van der Waals surface area contributed by atoms with Crippen LogP contribution in [0.1, 0.15) is 10.4 Å². The van der Waals surface area contributed by atoms with Gasteiger partial charge in [-0.25, -0.2) is 4.98 Å². The van der Waals surface area contributed by atoms with Crippen molar-refractivity contribution in [3.05, 3.63) is 33.1 Å². The maximum Gasteiger partial charge on any atom is 0.322 e. The van der Waals surface area contributed by atoms with E-state index in [9.17, 15) is 29.2 Å². The fourth-order valence-corrected chi connectivity index (χ4v) is 2.24. The van der Waals surface area contributed by atoms with Crippen molar-refractivity contribution in [2.45, 2.75) is 0 Å². The van der Waals surface area contributed by atoms with Gasteiger partial charge in [-0.3, -0.25) is 19.2 Å². The van der Waals surface area contributed by atoms with E-state index >= 15 is 0 Å².